The van der Waals surface area contributed by atoms with Crippen LogP contribution in [0.2, 0.25) is 0 Å². The number of benzene rings is 2. The molecule has 2 aromatic carbocycles. The second-order valence-electron chi connectivity index (χ2n) is 7.24. The van der Waals surface area contributed by atoms with E-state index in [2.05, 4.69) is 79.2 Å². The Hall–Kier alpha value is -2.13. The quantitative estimate of drug-likeness (QED) is 0.397. The molecule has 2 nitrogen and oxygen atoms in total. The standard InChI is InChI=1S/C24H30N2S/c1-4-5-6-10-15-26-23(22-14-13-19(2)16-20(22)3)18-27-24(26)25-17-21-11-8-7-9-12-21/h7-9,11-14,16,18H,4-6,10,15,17H2,1-3H3. The van der Waals surface area contributed by atoms with Crippen LogP contribution in [0.5, 0.6) is 0 Å². The average Bonchev–Trinajstić information content (AvgIpc) is 3.07. The van der Waals surface area contributed by atoms with Crippen molar-refractivity contribution in [3.05, 3.63) is 75.4 Å². The Morgan fingerprint density at radius 2 is 1.78 bits per heavy atom. The van der Waals surface area contributed by atoms with Gasteiger partial charge in [0.05, 0.1) is 12.2 Å². The summed E-state index contributed by atoms with van der Waals surface area (Å²) in [6, 6.07) is 17.3. The molecule has 0 aliphatic heterocycles. The molecule has 1 heterocycles. The Balaban J connectivity index is 1.94. The van der Waals surface area contributed by atoms with Gasteiger partial charge in [-0.25, -0.2) is 0 Å². The van der Waals surface area contributed by atoms with Gasteiger partial charge in [-0.2, -0.15) is 0 Å². The Labute approximate surface area is 167 Å². The van der Waals surface area contributed by atoms with Crippen LogP contribution in [0.1, 0.15) is 49.3 Å². The lowest BCUT2D eigenvalue weighted by molar-refractivity contribution is 0.575. The molecule has 0 fully saturated rings. The molecule has 0 N–H and O–H groups in total. The number of nitrogens with zero attached hydrogens (tertiary/aromatic N) is 2. The molecular formula is C24H30N2S. The average molecular weight is 379 g/mol. The molecule has 0 bridgehead atoms. The molecule has 3 heteroatoms. The first-order chi connectivity index (χ1) is 13.2. The minimum atomic E-state index is 0.739. The third kappa shape index (κ3) is 5.20. The number of thiazole rings is 1. The van der Waals surface area contributed by atoms with Crippen molar-refractivity contribution in [2.45, 2.75) is 59.5 Å². The number of hydrogen-bond acceptors (Lipinski definition) is 2. The molecular weight excluding hydrogens is 348 g/mol. The third-order valence-electron chi connectivity index (χ3n) is 4.93. The number of aryl methyl sites for hydroxylation is 2. The van der Waals surface area contributed by atoms with Crippen LogP contribution in [0.3, 0.4) is 0 Å². The second-order valence-corrected chi connectivity index (χ2v) is 8.07. The van der Waals surface area contributed by atoms with Gasteiger partial charge in [0.1, 0.15) is 0 Å². The molecule has 27 heavy (non-hydrogen) atoms. The van der Waals surface area contributed by atoms with Crippen LogP contribution in [0.25, 0.3) is 11.3 Å². The number of unbranched alkanes of at least 4 members (excludes halogenated alkanes) is 3. The van der Waals surface area contributed by atoms with Gasteiger partial charge in [0.2, 0.25) is 0 Å². The summed E-state index contributed by atoms with van der Waals surface area (Å²) in [6.45, 7) is 8.41. The summed E-state index contributed by atoms with van der Waals surface area (Å²) in [6.07, 6.45) is 5.06. The molecule has 142 valence electrons. The van der Waals surface area contributed by atoms with Crippen molar-refractivity contribution in [2.24, 2.45) is 4.99 Å². The van der Waals surface area contributed by atoms with Crippen LogP contribution in [0.4, 0.5) is 0 Å². The minimum Gasteiger partial charge on any atom is -0.317 e. The van der Waals surface area contributed by atoms with Gasteiger partial charge in [0.25, 0.3) is 0 Å². The minimum absolute atomic E-state index is 0.739. The highest BCUT2D eigenvalue weighted by Crippen LogP contribution is 2.25. The largest absolute Gasteiger partial charge is 0.317 e. The third-order valence-corrected chi connectivity index (χ3v) is 5.83. The molecule has 3 aromatic rings. The van der Waals surface area contributed by atoms with Crippen LogP contribution in [-0.2, 0) is 13.1 Å². The van der Waals surface area contributed by atoms with Crippen LogP contribution in [0, 0.1) is 13.8 Å². The summed E-state index contributed by atoms with van der Waals surface area (Å²) < 4.78 is 2.43. The van der Waals surface area contributed by atoms with E-state index >= 15 is 0 Å². The molecule has 0 saturated heterocycles. The predicted molar refractivity (Wildman–Crippen MR) is 117 cm³/mol. The molecule has 0 amide bonds. The van der Waals surface area contributed by atoms with Crippen molar-refractivity contribution in [3.8, 4) is 11.3 Å². The molecule has 1 aromatic heterocycles. The van der Waals surface area contributed by atoms with E-state index in [1.807, 2.05) is 0 Å². The molecule has 0 unspecified atom stereocenters. The summed E-state index contributed by atoms with van der Waals surface area (Å²) in [5.41, 5.74) is 6.55. The molecule has 0 aliphatic carbocycles. The molecule has 3 rings (SSSR count). The molecule has 0 aliphatic rings. The monoisotopic (exact) mass is 378 g/mol. The van der Waals surface area contributed by atoms with Crippen LogP contribution in [0.15, 0.2) is 58.9 Å². The fourth-order valence-corrected chi connectivity index (χ4v) is 4.35. The van der Waals surface area contributed by atoms with Gasteiger partial charge >= 0.3 is 0 Å². The highest BCUT2D eigenvalue weighted by molar-refractivity contribution is 7.07. The van der Waals surface area contributed by atoms with Crippen molar-refractivity contribution < 1.29 is 0 Å². The highest BCUT2D eigenvalue weighted by atomic mass is 32.1. The summed E-state index contributed by atoms with van der Waals surface area (Å²) in [5, 5.41) is 2.28. The summed E-state index contributed by atoms with van der Waals surface area (Å²) in [7, 11) is 0. The number of hydrogen-bond donors (Lipinski definition) is 0. The van der Waals surface area contributed by atoms with E-state index < -0.39 is 0 Å². The molecule has 0 saturated carbocycles. The van der Waals surface area contributed by atoms with E-state index in [-0.39, 0.29) is 0 Å². The van der Waals surface area contributed by atoms with Gasteiger partial charge in [-0.3, -0.25) is 4.99 Å². The van der Waals surface area contributed by atoms with Crippen molar-refractivity contribution >= 4 is 11.3 Å². The Morgan fingerprint density at radius 3 is 2.52 bits per heavy atom. The fourth-order valence-electron chi connectivity index (χ4n) is 3.43. The Bertz CT molecular complexity index is 919. The maximum Gasteiger partial charge on any atom is 0.185 e. The lowest BCUT2D eigenvalue weighted by Gasteiger charge is -2.12. The Kier molecular flexibility index (Phi) is 7.05. The summed E-state index contributed by atoms with van der Waals surface area (Å²) in [4.78, 5) is 6.08. The van der Waals surface area contributed by atoms with E-state index in [4.69, 9.17) is 4.99 Å². The Morgan fingerprint density at radius 1 is 0.963 bits per heavy atom. The number of aromatic nitrogens is 1. The second kappa shape index (κ2) is 9.70. The van der Waals surface area contributed by atoms with E-state index in [1.165, 1.54) is 53.6 Å². The maximum atomic E-state index is 4.95. The predicted octanol–water partition coefficient (Wildman–Crippen LogP) is 6.51. The van der Waals surface area contributed by atoms with Crippen LogP contribution in [-0.4, -0.2) is 4.57 Å². The van der Waals surface area contributed by atoms with Gasteiger partial charge in [-0.15, -0.1) is 11.3 Å². The molecule has 0 radical (unpaired) electrons. The topological polar surface area (TPSA) is 17.3 Å². The van der Waals surface area contributed by atoms with Crippen molar-refractivity contribution in [3.63, 3.8) is 0 Å². The first kappa shape index (κ1) is 19.6. The fraction of sp³-hybridized carbons (Fsp3) is 0.375. The summed E-state index contributed by atoms with van der Waals surface area (Å²) >= 11 is 1.76. The first-order valence-corrected chi connectivity index (χ1v) is 10.9. The summed E-state index contributed by atoms with van der Waals surface area (Å²) in [5.74, 6) is 0. The van der Waals surface area contributed by atoms with E-state index in [0.29, 0.717) is 0 Å². The zero-order valence-electron chi connectivity index (χ0n) is 16.7. The van der Waals surface area contributed by atoms with Gasteiger partial charge < -0.3 is 4.57 Å². The first-order valence-electron chi connectivity index (χ1n) is 9.99. The van der Waals surface area contributed by atoms with E-state index in [1.54, 1.807) is 11.3 Å². The van der Waals surface area contributed by atoms with E-state index in [9.17, 15) is 0 Å². The van der Waals surface area contributed by atoms with Crippen molar-refractivity contribution in [1.82, 2.24) is 4.57 Å². The normalized spacial score (nSPS) is 11.9. The number of rotatable bonds is 8. The molecule has 0 spiro atoms. The van der Waals surface area contributed by atoms with Gasteiger partial charge in [0.15, 0.2) is 4.80 Å². The van der Waals surface area contributed by atoms with E-state index in [0.717, 1.165) is 17.9 Å². The zero-order valence-corrected chi connectivity index (χ0v) is 17.6. The smallest absolute Gasteiger partial charge is 0.185 e. The van der Waals surface area contributed by atoms with Gasteiger partial charge in [0, 0.05) is 17.5 Å². The maximum absolute atomic E-state index is 4.95. The highest BCUT2D eigenvalue weighted by Gasteiger charge is 2.10. The zero-order chi connectivity index (χ0) is 19.1. The van der Waals surface area contributed by atoms with Crippen LogP contribution < -0.4 is 4.80 Å². The van der Waals surface area contributed by atoms with Crippen LogP contribution >= 0.6 is 11.3 Å². The van der Waals surface area contributed by atoms with Gasteiger partial charge in [-0.05, 0) is 31.4 Å². The molecule has 0 atom stereocenters. The van der Waals surface area contributed by atoms with Gasteiger partial charge in [-0.1, -0.05) is 80.3 Å². The van der Waals surface area contributed by atoms with Crippen molar-refractivity contribution in [2.75, 3.05) is 0 Å². The lowest BCUT2D eigenvalue weighted by atomic mass is 10.0. The SMILES string of the molecule is CCCCCCn1c(-c2ccc(C)cc2C)csc1=NCc1ccccc1. The lowest BCUT2D eigenvalue weighted by Crippen LogP contribution is -2.17. The van der Waals surface area contributed by atoms with Crippen molar-refractivity contribution in [1.29, 1.82) is 0 Å².